The molecule has 0 saturated carbocycles. The number of hydrogen-bond donors (Lipinski definition) is 1. The van der Waals surface area contributed by atoms with Gasteiger partial charge in [0.15, 0.2) is 11.4 Å². The second-order valence-electron chi connectivity index (χ2n) is 7.18. The average molecular weight is 439 g/mol. The summed E-state index contributed by atoms with van der Waals surface area (Å²) in [7, 11) is 0.873. The van der Waals surface area contributed by atoms with E-state index in [-0.39, 0.29) is 10.6 Å². The maximum Gasteiger partial charge on any atom is 0.256 e. The summed E-state index contributed by atoms with van der Waals surface area (Å²) in [6, 6.07) is 11.4. The molecule has 0 saturated heterocycles. The maximum atomic E-state index is 13.3. The molecule has 0 fully saturated rings. The molecular formula is C21H21N5O4S. The Hall–Kier alpha value is -3.50. The van der Waals surface area contributed by atoms with Crippen molar-refractivity contribution in [1.82, 2.24) is 19.1 Å². The molecule has 0 radical (unpaired) electrons. The molecule has 4 aromatic rings. The zero-order chi connectivity index (χ0) is 22.3. The number of aromatic nitrogens is 3. The molecule has 4 rings (SSSR count). The Labute approximate surface area is 179 Å². The van der Waals surface area contributed by atoms with Gasteiger partial charge in [-0.05, 0) is 37.3 Å². The molecule has 0 unspecified atom stereocenters. The second-order valence-corrected chi connectivity index (χ2v) is 9.30. The van der Waals surface area contributed by atoms with E-state index in [1.165, 1.54) is 26.4 Å². The number of furan rings is 1. The number of carbonyl (C=O) groups excluding carboxylic acids is 1. The summed E-state index contributed by atoms with van der Waals surface area (Å²) >= 11 is 0. The first kappa shape index (κ1) is 20.8. The summed E-state index contributed by atoms with van der Waals surface area (Å²) < 4.78 is 33.5. The standard InChI is InChI=1S/C21H21N5O4S/c1-13-19-14(12-16(17-9-7-11-30-17)22-20(19)26(4)24-13)21(27)23-15-8-5-6-10-18(15)31(28,29)25(2)3/h5-12H,1-4H3,(H,23,27). The third-order valence-electron chi connectivity index (χ3n) is 4.88. The highest BCUT2D eigenvalue weighted by atomic mass is 32.2. The van der Waals surface area contributed by atoms with Crippen molar-refractivity contribution in [2.45, 2.75) is 11.8 Å². The fraction of sp³-hybridized carbons (Fsp3) is 0.190. The summed E-state index contributed by atoms with van der Waals surface area (Å²) in [5, 5.41) is 7.72. The van der Waals surface area contributed by atoms with Crippen LogP contribution in [0.4, 0.5) is 5.69 Å². The van der Waals surface area contributed by atoms with Crippen LogP contribution in [0.2, 0.25) is 0 Å². The van der Waals surface area contributed by atoms with E-state index in [9.17, 15) is 13.2 Å². The van der Waals surface area contributed by atoms with Crippen molar-refractivity contribution in [2.24, 2.45) is 7.05 Å². The smallest absolute Gasteiger partial charge is 0.256 e. The molecule has 31 heavy (non-hydrogen) atoms. The number of amides is 1. The highest BCUT2D eigenvalue weighted by Gasteiger charge is 2.24. The van der Waals surface area contributed by atoms with Crippen LogP contribution in [0, 0.1) is 6.92 Å². The molecule has 0 aliphatic heterocycles. The molecule has 0 spiro atoms. The van der Waals surface area contributed by atoms with Crippen LogP contribution in [0.5, 0.6) is 0 Å². The van der Waals surface area contributed by atoms with Crippen molar-refractivity contribution >= 4 is 32.7 Å². The van der Waals surface area contributed by atoms with Crippen LogP contribution >= 0.6 is 0 Å². The molecule has 3 aromatic heterocycles. The molecule has 10 heteroatoms. The average Bonchev–Trinajstić information content (AvgIpc) is 3.36. The minimum absolute atomic E-state index is 0.00724. The molecular weight excluding hydrogens is 418 g/mol. The topological polar surface area (TPSA) is 110 Å². The van der Waals surface area contributed by atoms with E-state index in [4.69, 9.17) is 4.42 Å². The van der Waals surface area contributed by atoms with E-state index in [1.807, 2.05) is 0 Å². The number of fused-ring (bicyclic) bond motifs is 1. The van der Waals surface area contributed by atoms with Crippen molar-refractivity contribution in [1.29, 1.82) is 0 Å². The molecule has 0 aliphatic carbocycles. The molecule has 9 nitrogen and oxygen atoms in total. The van der Waals surface area contributed by atoms with Crippen LogP contribution in [0.15, 0.2) is 58.0 Å². The molecule has 3 heterocycles. The molecule has 0 bridgehead atoms. The van der Waals surface area contributed by atoms with Crippen LogP contribution in [0.3, 0.4) is 0 Å². The number of nitrogens with one attached hydrogen (secondary N) is 1. The van der Waals surface area contributed by atoms with E-state index in [2.05, 4.69) is 15.4 Å². The van der Waals surface area contributed by atoms with Gasteiger partial charge in [0, 0.05) is 21.1 Å². The SMILES string of the molecule is Cc1nn(C)c2nc(-c3ccco3)cc(C(=O)Nc3ccccc3S(=O)(=O)N(C)C)c12. The van der Waals surface area contributed by atoms with Gasteiger partial charge in [0.25, 0.3) is 5.91 Å². The number of nitrogens with zero attached hydrogens (tertiary/aromatic N) is 4. The summed E-state index contributed by atoms with van der Waals surface area (Å²) in [5.74, 6) is 0.0306. The number of hydrogen-bond acceptors (Lipinski definition) is 6. The van der Waals surface area contributed by atoms with Gasteiger partial charge in [-0.25, -0.2) is 17.7 Å². The number of carbonyl (C=O) groups is 1. The van der Waals surface area contributed by atoms with Crippen molar-refractivity contribution < 1.29 is 17.6 Å². The number of anilines is 1. The second kappa shape index (κ2) is 7.64. The number of rotatable bonds is 5. The zero-order valence-electron chi connectivity index (χ0n) is 17.4. The Balaban J connectivity index is 1.85. The lowest BCUT2D eigenvalue weighted by Gasteiger charge is -2.16. The third-order valence-corrected chi connectivity index (χ3v) is 6.75. The Kier molecular flexibility index (Phi) is 5.11. The van der Waals surface area contributed by atoms with Gasteiger partial charge in [0.1, 0.15) is 10.6 Å². The quantitative estimate of drug-likeness (QED) is 0.512. The maximum absolute atomic E-state index is 13.3. The molecule has 0 atom stereocenters. The number of benzene rings is 1. The van der Waals surface area contributed by atoms with Gasteiger partial charge < -0.3 is 9.73 Å². The van der Waals surface area contributed by atoms with E-state index >= 15 is 0 Å². The Morgan fingerprint density at radius 3 is 2.58 bits per heavy atom. The van der Waals surface area contributed by atoms with Crippen LogP contribution < -0.4 is 5.32 Å². The van der Waals surface area contributed by atoms with Crippen LogP contribution in [0.25, 0.3) is 22.5 Å². The predicted molar refractivity (Wildman–Crippen MR) is 116 cm³/mol. The molecule has 1 amide bonds. The molecule has 0 aliphatic rings. The zero-order valence-corrected chi connectivity index (χ0v) is 18.3. The predicted octanol–water partition coefficient (Wildman–Crippen LogP) is 3.04. The summed E-state index contributed by atoms with van der Waals surface area (Å²) in [4.78, 5) is 17.9. The summed E-state index contributed by atoms with van der Waals surface area (Å²) in [6.07, 6.45) is 1.53. The molecule has 1 N–H and O–H groups in total. The van der Waals surface area contributed by atoms with Crippen LogP contribution in [-0.2, 0) is 17.1 Å². The van der Waals surface area contributed by atoms with Crippen LogP contribution in [0.1, 0.15) is 16.1 Å². The van der Waals surface area contributed by atoms with E-state index in [1.54, 1.807) is 55.1 Å². The van der Waals surface area contributed by atoms with Gasteiger partial charge >= 0.3 is 0 Å². The van der Waals surface area contributed by atoms with Gasteiger partial charge in [-0.1, -0.05) is 12.1 Å². The fourth-order valence-electron chi connectivity index (χ4n) is 3.36. The number of para-hydroxylation sites is 1. The first-order chi connectivity index (χ1) is 14.7. The molecule has 160 valence electrons. The lowest BCUT2D eigenvalue weighted by Crippen LogP contribution is -2.24. The van der Waals surface area contributed by atoms with Gasteiger partial charge in [-0.3, -0.25) is 9.48 Å². The lowest BCUT2D eigenvalue weighted by molar-refractivity contribution is 0.102. The first-order valence-corrected chi connectivity index (χ1v) is 10.9. The normalized spacial score (nSPS) is 11.9. The van der Waals surface area contributed by atoms with Gasteiger partial charge in [0.2, 0.25) is 10.0 Å². The number of aryl methyl sites for hydroxylation is 2. The minimum atomic E-state index is -3.75. The first-order valence-electron chi connectivity index (χ1n) is 9.41. The Morgan fingerprint density at radius 1 is 1.16 bits per heavy atom. The number of pyridine rings is 1. The van der Waals surface area contributed by atoms with Crippen molar-refractivity contribution in [3.05, 3.63) is 60.0 Å². The van der Waals surface area contributed by atoms with E-state index < -0.39 is 15.9 Å². The van der Waals surface area contributed by atoms with Crippen molar-refractivity contribution in [3.63, 3.8) is 0 Å². The van der Waals surface area contributed by atoms with Gasteiger partial charge in [0.05, 0.1) is 28.6 Å². The third kappa shape index (κ3) is 3.60. The van der Waals surface area contributed by atoms with E-state index in [0.717, 1.165) is 4.31 Å². The fourth-order valence-corrected chi connectivity index (χ4v) is 4.40. The van der Waals surface area contributed by atoms with Gasteiger partial charge in [-0.2, -0.15) is 5.10 Å². The Morgan fingerprint density at radius 2 is 1.90 bits per heavy atom. The Bertz CT molecular complexity index is 1390. The van der Waals surface area contributed by atoms with Crippen molar-refractivity contribution in [3.8, 4) is 11.5 Å². The van der Waals surface area contributed by atoms with Crippen molar-refractivity contribution in [2.75, 3.05) is 19.4 Å². The van der Waals surface area contributed by atoms with Crippen LogP contribution in [-0.4, -0.2) is 47.5 Å². The molecule has 1 aromatic carbocycles. The minimum Gasteiger partial charge on any atom is -0.463 e. The monoisotopic (exact) mass is 439 g/mol. The number of sulfonamides is 1. The lowest BCUT2D eigenvalue weighted by atomic mass is 10.1. The summed E-state index contributed by atoms with van der Waals surface area (Å²) in [6.45, 7) is 1.79. The van der Waals surface area contributed by atoms with Gasteiger partial charge in [-0.15, -0.1) is 0 Å². The summed E-state index contributed by atoms with van der Waals surface area (Å²) in [5.41, 5.74) is 2.13. The van der Waals surface area contributed by atoms with E-state index in [0.29, 0.717) is 33.7 Å². The highest BCUT2D eigenvalue weighted by Crippen LogP contribution is 2.29. The highest BCUT2D eigenvalue weighted by molar-refractivity contribution is 7.89. The largest absolute Gasteiger partial charge is 0.463 e.